The molecular weight excluding hydrogens is 312 g/mol. The molecule has 1 aromatic heterocycles. The Morgan fingerprint density at radius 2 is 1.65 bits per heavy atom. The van der Waals surface area contributed by atoms with Crippen LogP contribution in [0, 0.1) is 0 Å². The summed E-state index contributed by atoms with van der Waals surface area (Å²) in [4.78, 5) is 27.1. The fourth-order valence-corrected chi connectivity index (χ4v) is 3.52. The number of nitrogens with zero attached hydrogens (tertiary/aromatic N) is 1. The number of aromatic amines is 1. The van der Waals surface area contributed by atoms with Crippen molar-refractivity contribution in [3.63, 3.8) is 0 Å². The van der Waals surface area contributed by atoms with Crippen LogP contribution < -0.4 is 11.2 Å². The summed E-state index contributed by atoms with van der Waals surface area (Å²) in [7, 11) is -1.13. The normalized spacial score (nSPS) is 12.3. The molecule has 0 spiro atoms. The van der Waals surface area contributed by atoms with Crippen LogP contribution in [0.1, 0.15) is 5.56 Å². The molecule has 0 saturated heterocycles. The lowest BCUT2D eigenvalue weighted by Crippen LogP contribution is -2.36. The highest BCUT2D eigenvalue weighted by Gasteiger charge is 2.09. The van der Waals surface area contributed by atoms with Crippen LogP contribution in [0.3, 0.4) is 0 Å². The predicted molar refractivity (Wildman–Crippen MR) is 92.0 cm³/mol. The lowest BCUT2D eigenvalue weighted by Gasteiger charge is -2.06. The van der Waals surface area contributed by atoms with Crippen molar-refractivity contribution in [1.82, 2.24) is 9.55 Å². The highest BCUT2D eigenvalue weighted by Crippen LogP contribution is 2.04. The van der Waals surface area contributed by atoms with E-state index >= 15 is 0 Å². The molecule has 118 valence electrons. The van der Waals surface area contributed by atoms with Crippen LogP contribution in [0.15, 0.2) is 64.2 Å². The molecule has 0 radical (unpaired) electrons. The first-order valence-electron chi connectivity index (χ1n) is 7.26. The third-order valence-corrected chi connectivity index (χ3v) is 4.90. The van der Waals surface area contributed by atoms with E-state index in [9.17, 15) is 13.8 Å². The van der Waals surface area contributed by atoms with Crippen LogP contribution in [-0.2, 0) is 23.1 Å². The van der Waals surface area contributed by atoms with E-state index in [0.717, 1.165) is 10.1 Å². The number of benzene rings is 2. The maximum Gasteiger partial charge on any atom is 0.328 e. The van der Waals surface area contributed by atoms with Crippen molar-refractivity contribution in [3.8, 4) is 0 Å². The van der Waals surface area contributed by atoms with Gasteiger partial charge in [0.25, 0.3) is 5.56 Å². The van der Waals surface area contributed by atoms with Gasteiger partial charge in [-0.1, -0.05) is 42.5 Å². The Hall–Kier alpha value is -2.47. The summed E-state index contributed by atoms with van der Waals surface area (Å²) in [5, 5.41) is 0.459. The largest absolute Gasteiger partial charge is 0.328 e. The molecular formula is C17H16N2O3S. The molecule has 1 heterocycles. The molecule has 0 aliphatic carbocycles. The fourth-order valence-electron chi connectivity index (χ4n) is 2.43. The predicted octanol–water partition coefficient (Wildman–Crippen LogP) is 1.64. The molecule has 0 aliphatic heterocycles. The molecule has 5 nitrogen and oxygen atoms in total. The summed E-state index contributed by atoms with van der Waals surface area (Å²) >= 11 is 0. The minimum absolute atomic E-state index is 0.137. The van der Waals surface area contributed by atoms with Gasteiger partial charge in [-0.25, -0.2) is 4.79 Å². The highest BCUT2D eigenvalue weighted by atomic mass is 32.2. The van der Waals surface area contributed by atoms with Gasteiger partial charge in [0.1, 0.15) is 0 Å². The molecule has 0 saturated carbocycles. The summed E-state index contributed by atoms with van der Waals surface area (Å²) in [6.07, 6.45) is 0. The zero-order chi connectivity index (χ0) is 16.2. The van der Waals surface area contributed by atoms with Crippen LogP contribution in [-0.4, -0.2) is 19.5 Å². The van der Waals surface area contributed by atoms with Gasteiger partial charge in [-0.05, 0) is 17.7 Å². The second-order valence-electron chi connectivity index (χ2n) is 5.21. The third-order valence-electron chi connectivity index (χ3n) is 3.60. The van der Waals surface area contributed by atoms with Gasteiger partial charge in [0.2, 0.25) is 0 Å². The molecule has 3 aromatic rings. The average Bonchev–Trinajstić information content (AvgIpc) is 2.55. The first-order chi connectivity index (χ1) is 11.1. The molecule has 6 heteroatoms. The molecule has 2 aromatic carbocycles. The molecule has 3 rings (SSSR count). The van der Waals surface area contributed by atoms with E-state index in [4.69, 9.17) is 0 Å². The quantitative estimate of drug-likeness (QED) is 0.774. The Morgan fingerprint density at radius 3 is 2.43 bits per heavy atom. The summed E-state index contributed by atoms with van der Waals surface area (Å²) in [5.74, 6) is 0.678. The Balaban J connectivity index is 1.78. The first kappa shape index (κ1) is 15.4. The SMILES string of the molecule is O=c1[nH]c2ccccc2c(=O)n1CCS(=O)Cc1ccccc1. The molecule has 23 heavy (non-hydrogen) atoms. The van der Waals surface area contributed by atoms with Crippen molar-refractivity contribution in [2.45, 2.75) is 12.3 Å². The van der Waals surface area contributed by atoms with Crippen molar-refractivity contribution in [1.29, 1.82) is 0 Å². The van der Waals surface area contributed by atoms with E-state index in [0.29, 0.717) is 16.7 Å². The number of rotatable bonds is 5. The van der Waals surface area contributed by atoms with E-state index in [1.807, 2.05) is 30.3 Å². The number of aromatic nitrogens is 2. The molecule has 0 amide bonds. The van der Waals surface area contributed by atoms with Crippen LogP contribution in [0.25, 0.3) is 10.9 Å². The zero-order valence-electron chi connectivity index (χ0n) is 12.4. The highest BCUT2D eigenvalue weighted by molar-refractivity contribution is 7.84. The standard InChI is InChI=1S/C17H16N2O3S/c20-16-14-8-4-5-9-15(14)18-17(21)19(16)10-11-23(22)12-13-6-2-1-3-7-13/h1-9H,10-12H2,(H,18,21). The number of fused-ring (bicyclic) bond motifs is 1. The van der Waals surface area contributed by atoms with Gasteiger partial charge in [-0.3, -0.25) is 13.6 Å². The maximum atomic E-state index is 12.4. The first-order valence-corrected chi connectivity index (χ1v) is 8.75. The van der Waals surface area contributed by atoms with Crippen LogP contribution >= 0.6 is 0 Å². The van der Waals surface area contributed by atoms with Gasteiger partial charge in [-0.15, -0.1) is 0 Å². The smallest absolute Gasteiger partial charge is 0.307 e. The fraction of sp³-hybridized carbons (Fsp3) is 0.176. The lowest BCUT2D eigenvalue weighted by atomic mass is 10.2. The zero-order valence-corrected chi connectivity index (χ0v) is 13.2. The van der Waals surface area contributed by atoms with E-state index in [1.54, 1.807) is 24.3 Å². The molecule has 0 fully saturated rings. The monoisotopic (exact) mass is 328 g/mol. The number of para-hydroxylation sites is 1. The van der Waals surface area contributed by atoms with Gasteiger partial charge in [0.05, 0.1) is 10.9 Å². The van der Waals surface area contributed by atoms with E-state index in [-0.39, 0.29) is 17.9 Å². The second kappa shape index (κ2) is 6.75. The summed E-state index contributed by atoms with van der Waals surface area (Å²) < 4.78 is 13.3. The van der Waals surface area contributed by atoms with Crippen molar-refractivity contribution in [2.75, 3.05) is 5.75 Å². The van der Waals surface area contributed by atoms with Gasteiger partial charge in [-0.2, -0.15) is 0 Å². The van der Waals surface area contributed by atoms with Crippen molar-refractivity contribution in [3.05, 3.63) is 81.0 Å². The van der Waals surface area contributed by atoms with E-state index < -0.39 is 16.5 Å². The van der Waals surface area contributed by atoms with Crippen LogP contribution in [0.5, 0.6) is 0 Å². The van der Waals surface area contributed by atoms with Crippen molar-refractivity contribution >= 4 is 21.7 Å². The Bertz CT molecular complexity index is 961. The molecule has 1 N–H and O–H groups in total. The number of hydrogen-bond donors (Lipinski definition) is 1. The van der Waals surface area contributed by atoms with E-state index in [1.165, 1.54) is 0 Å². The average molecular weight is 328 g/mol. The number of H-pyrrole nitrogens is 1. The minimum atomic E-state index is -1.13. The topological polar surface area (TPSA) is 71.9 Å². The molecule has 1 atom stereocenters. The Morgan fingerprint density at radius 1 is 0.957 bits per heavy atom. The summed E-state index contributed by atoms with van der Waals surface area (Å²) in [6.45, 7) is 0.137. The second-order valence-corrected chi connectivity index (χ2v) is 6.78. The molecule has 0 aliphatic rings. The summed E-state index contributed by atoms with van der Waals surface area (Å²) in [5.41, 5.74) is 0.682. The molecule has 1 unspecified atom stereocenters. The van der Waals surface area contributed by atoms with Gasteiger partial charge in [0.15, 0.2) is 0 Å². The van der Waals surface area contributed by atoms with Crippen LogP contribution in [0.4, 0.5) is 0 Å². The van der Waals surface area contributed by atoms with Gasteiger partial charge < -0.3 is 4.98 Å². The Kier molecular flexibility index (Phi) is 4.52. The number of nitrogens with one attached hydrogen (secondary N) is 1. The van der Waals surface area contributed by atoms with Crippen molar-refractivity contribution < 1.29 is 4.21 Å². The maximum absolute atomic E-state index is 12.4. The van der Waals surface area contributed by atoms with Gasteiger partial charge >= 0.3 is 5.69 Å². The Labute approximate surface area is 135 Å². The third kappa shape index (κ3) is 3.48. The minimum Gasteiger partial charge on any atom is -0.307 e. The van der Waals surface area contributed by atoms with Crippen molar-refractivity contribution in [2.24, 2.45) is 0 Å². The summed E-state index contributed by atoms with van der Waals surface area (Å²) in [6, 6.07) is 16.4. The van der Waals surface area contributed by atoms with E-state index in [2.05, 4.69) is 4.98 Å². The number of hydrogen-bond acceptors (Lipinski definition) is 3. The van der Waals surface area contributed by atoms with Gasteiger partial charge in [0, 0.05) is 28.9 Å². The lowest BCUT2D eigenvalue weighted by molar-refractivity contribution is 0.657. The van der Waals surface area contributed by atoms with Crippen LogP contribution in [0.2, 0.25) is 0 Å². The molecule has 0 bridgehead atoms.